The molecule has 0 aromatic heterocycles. The Labute approximate surface area is 128 Å². The summed E-state index contributed by atoms with van der Waals surface area (Å²) in [6.45, 7) is 2.49. The van der Waals surface area contributed by atoms with Crippen LogP contribution in [0.3, 0.4) is 0 Å². The molecule has 1 aromatic carbocycles. The van der Waals surface area contributed by atoms with Gasteiger partial charge in [-0.2, -0.15) is 0 Å². The number of carbonyl (C=O) groups excluding carboxylic acids is 1. The van der Waals surface area contributed by atoms with Gasteiger partial charge in [0.1, 0.15) is 0 Å². The number of carbonyl (C=O) groups is 1. The summed E-state index contributed by atoms with van der Waals surface area (Å²) >= 11 is 3.39. The summed E-state index contributed by atoms with van der Waals surface area (Å²) < 4.78 is 1.01. The molecule has 1 fully saturated rings. The molecule has 0 aliphatic carbocycles. The molecule has 0 unspecified atom stereocenters. The Morgan fingerprint density at radius 3 is 2.50 bits per heavy atom. The number of nitrogens with zero attached hydrogens (tertiary/aromatic N) is 1. The Morgan fingerprint density at radius 1 is 1.35 bits per heavy atom. The minimum Gasteiger partial charge on any atom is -0.387 e. The van der Waals surface area contributed by atoms with Gasteiger partial charge < -0.3 is 15.7 Å². The van der Waals surface area contributed by atoms with Crippen molar-refractivity contribution in [2.45, 2.75) is 25.4 Å². The van der Waals surface area contributed by atoms with Crippen LogP contribution < -0.4 is 5.73 Å². The number of piperidine rings is 1. The van der Waals surface area contributed by atoms with E-state index in [-0.39, 0.29) is 5.91 Å². The zero-order valence-corrected chi connectivity index (χ0v) is 13.1. The fourth-order valence-electron chi connectivity index (χ4n) is 2.69. The van der Waals surface area contributed by atoms with Crippen LogP contribution in [0.15, 0.2) is 28.7 Å². The summed E-state index contributed by atoms with van der Waals surface area (Å²) in [5.74, 6) is 0.201. The first-order valence-electron chi connectivity index (χ1n) is 6.99. The average Bonchev–Trinajstić information content (AvgIpc) is 2.41. The summed E-state index contributed by atoms with van der Waals surface area (Å²) in [5, 5.41) is 10.2. The Kier molecular flexibility index (Phi) is 5.57. The van der Waals surface area contributed by atoms with Crippen LogP contribution >= 0.6 is 15.9 Å². The molecule has 0 bridgehead atoms. The highest BCUT2D eigenvalue weighted by atomic mass is 79.9. The zero-order valence-electron chi connectivity index (χ0n) is 11.5. The first kappa shape index (κ1) is 15.5. The number of nitrogens with two attached hydrogens (primary N) is 1. The second-order valence-corrected chi connectivity index (χ2v) is 6.40. The maximum Gasteiger partial charge on any atom is 0.217 e. The highest BCUT2D eigenvalue weighted by Crippen LogP contribution is 2.23. The van der Waals surface area contributed by atoms with E-state index in [1.807, 2.05) is 24.3 Å². The Morgan fingerprint density at radius 2 is 1.95 bits per heavy atom. The van der Waals surface area contributed by atoms with Crippen molar-refractivity contribution < 1.29 is 9.90 Å². The van der Waals surface area contributed by atoms with Gasteiger partial charge in [-0.3, -0.25) is 4.79 Å². The number of hydrogen-bond acceptors (Lipinski definition) is 3. The number of halogens is 1. The first-order valence-corrected chi connectivity index (χ1v) is 7.78. The lowest BCUT2D eigenvalue weighted by atomic mass is 9.93. The summed E-state index contributed by atoms with van der Waals surface area (Å²) in [6, 6.07) is 7.76. The third-order valence-electron chi connectivity index (χ3n) is 3.88. The van der Waals surface area contributed by atoms with Gasteiger partial charge in [0.25, 0.3) is 0 Å². The van der Waals surface area contributed by atoms with Crippen molar-refractivity contribution in [1.29, 1.82) is 0 Å². The summed E-state index contributed by atoms with van der Waals surface area (Å²) in [4.78, 5) is 13.2. The number of β-amino-alcohol motifs (C(OH)–C–C–N with tert-alkyl or cyclic N) is 1. The molecule has 0 radical (unpaired) electrons. The number of aliphatic hydroxyl groups excluding tert-OH is 1. The minimum absolute atomic E-state index is 0.210. The molecule has 5 heteroatoms. The van der Waals surface area contributed by atoms with E-state index in [0.717, 1.165) is 36.0 Å². The van der Waals surface area contributed by atoms with E-state index in [1.54, 1.807) is 0 Å². The average molecular weight is 341 g/mol. The van der Waals surface area contributed by atoms with E-state index in [1.165, 1.54) is 0 Å². The third-order valence-corrected chi connectivity index (χ3v) is 4.41. The lowest BCUT2D eigenvalue weighted by Crippen LogP contribution is -2.37. The van der Waals surface area contributed by atoms with Crippen LogP contribution in [0.4, 0.5) is 0 Å². The van der Waals surface area contributed by atoms with E-state index in [0.29, 0.717) is 18.9 Å². The molecule has 1 saturated heterocycles. The molecule has 1 amide bonds. The summed E-state index contributed by atoms with van der Waals surface area (Å²) in [6.07, 6.45) is 1.99. The van der Waals surface area contributed by atoms with Gasteiger partial charge in [0.2, 0.25) is 5.91 Å². The maximum atomic E-state index is 10.9. The Bertz CT molecular complexity index is 442. The van der Waals surface area contributed by atoms with Crippen LogP contribution in [0, 0.1) is 5.92 Å². The van der Waals surface area contributed by atoms with Crippen molar-refractivity contribution >= 4 is 21.8 Å². The molecule has 1 atom stereocenters. The van der Waals surface area contributed by atoms with E-state index >= 15 is 0 Å². The Balaban J connectivity index is 1.80. The van der Waals surface area contributed by atoms with E-state index in [2.05, 4.69) is 20.8 Å². The molecule has 1 heterocycles. The SMILES string of the molecule is NC(=O)CC1CCN(C[C@H](O)c2ccc(Br)cc2)CC1. The lowest BCUT2D eigenvalue weighted by molar-refractivity contribution is -0.119. The third kappa shape index (κ3) is 4.58. The highest BCUT2D eigenvalue weighted by molar-refractivity contribution is 9.10. The van der Waals surface area contributed by atoms with Crippen molar-refractivity contribution in [2.24, 2.45) is 11.7 Å². The fraction of sp³-hybridized carbons (Fsp3) is 0.533. The molecule has 1 aliphatic rings. The van der Waals surface area contributed by atoms with Crippen molar-refractivity contribution in [3.05, 3.63) is 34.3 Å². The number of primary amides is 1. The monoisotopic (exact) mass is 340 g/mol. The normalized spacial score (nSPS) is 18.9. The highest BCUT2D eigenvalue weighted by Gasteiger charge is 2.22. The number of benzene rings is 1. The molecule has 1 aromatic rings. The van der Waals surface area contributed by atoms with Crippen LogP contribution in [0.25, 0.3) is 0 Å². The van der Waals surface area contributed by atoms with Crippen molar-refractivity contribution in [3.8, 4) is 0 Å². The fourth-order valence-corrected chi connectivity index (χ4v) is 2.96. The molecule has 110 valence electrons. The van der Waals surface area contributed by atoms with Crippen molar-refractivity contribution in [1.82, 2.24) is 4.90 Å². The molecule has 2 rings (SSSR count). The standard InChI is InChI=1S/C15H21BrN2O2/c16-13-3-1-12(2-4-13)14(19)10-18-7-5-11(6-8-18)9-15(17)20/h1-4,11,14,19H,5-10H2,(H2,17,20)/t14-/m0/s1. The van der Waals surface area contributed by atoms with Gasteiger partial charge in [0.05, 0.1) is 6.10 Å². The largest absolute Gasteiger partial charge is 0.387 e. The smallest absolute Gasteiger partial charge is 0.217 e. The maximum absolute atomic E-state index is 10.9. The van der Waals surface area contributed by atoms with Crippen molar-refractivity contribution in [3.63, 3.8) is 0 Å². The van der Waals surface area contributed by atoms with E-state index in [4.69, 9.17) is 5.73 Å². The first-order chi connectivity index (χ1) is 9.54. The van der Waals surface area contributed by atoms with Gasteiger partial charge >= 0.3 is 0 Å². The predicted octanol–water partition coefficient (Wildman–Crippen LogP) is 2.07. The quantitative estimate of drug-likeness (QED) is 0.862. The number of hydrogen-bond donors (Lipinski definition) is 2. The summed E-state index contributed by atoms with van der Waals surface area (Å²) in [5.41, 5.74) is 6.17. The van der Waals surface area contributed by atoms with E-state index < -0.39 is 6.10 Å². The number of likely N-dealkylation sites (tertiary alicyclic amines) is 1. The molecule has 4 nitrogen and oxygen atoms in total. The second kappa shape index (κ2) is 7.20. The van der Waals surface area contributed by atoms with Gasteiger partial charge in [-0.25, -0.2) is 0 Å². The van der Waals surface area contributed by atoms with Gasteiger partial charge in [-0.05, 0) is 49.5 Å². The molecule has 0 saturated carbocycles. The molecule has 0 spiro atoms. The van der Waals surface area contributed by atoms with Gasteiger partial charge in [0.15, 0.2) is 0 Å². The lowest BCUT2D eigenvalue weighted by Gasteiger charge is -2.32. The minimum atomic E-state index is -0.462. The number of amides is 1. The molecule has 20 heavy (non-hydrogen) atoms. The number of rotatable bonds is 5. The van der Waals surface area contributed by atoms with Gasteiger partial charge in [-0.15, -0.1) is 0 Å². The second-order valence-electron chi connectivity index (χ2n) is 5.48. The summed E-state index contributed by atoms with van der Waals surface area (Å²) in [7, 11) is 0. The van der Waals surface area contributed by atoms with Crippen LogP contribution in [0.5, 0.6) is 0 Å². The van der Waals surface area contributed by atoms with Crippen LogP contribution in [-0.2, 0) is 4.79 Å². The zero-order chi connectivity index (χ0) is 14.5. The van der Waals surface area contributed by atoms with Gasteiger partial charge in [-0.1, -0.05) is 28.1 Å². The topological polar surface area (TPSA) is 66.6 Å². The van der Waals surface area contributed by atoms with Crippen LogP contribution in [-0.4, -0.2) is 35.5 Å². The molecular weight excluding hydrogens is 320 g/mol. The molecule has 1 aliphatic heterocycles. The van der Waals surface area contributed by atoms with E-state index in [9.17, 15) is 9.90 Å². The molecular formula is C15H21BrN2O2. The molecule has 3 N–H and O–H groups in total. The van der Waals surface area contributed by atoms with Crippen LogP contribution in [0.1, 0.15) is 30.9 Å². The van der Waals surface area contributed by atoms with Gasteiger partial charge in [0, 0.05) is 17.4 Å². The predicted molar refractivity (Wildman–Crippen MR) is 82.1 cm³/mol. The van der Waals surface area contributed by atoms with Crippen molar-refractivity contribution in [2.75, 3.05) is 19.6 Å². The Hall–Kier alpha value is -0.910. The van der Waals surface area contributed by atoms with Crippen LogP contribution in [0.2, 0.25) is 0 Å². The number of aliphatic hydroxyl groups is 1.